The Hall–Kier alpha value is -0.880. The zero-order valence-corrected chi connectivity index (χ0v) is 18.3. The fourth-order valence-electron chi connectivity index (χ4n) is 2.23. The maximum absolute atomic E-state index is 11.7. The summed E-state index contributed by atoms with van der Waals surface area (Å²) < 4.78 is 20.8. The molecular formula is C16H36Cl2N4O6. The van der Waals surface area contributed by atoms with Crippen LogP contribution in [0.3, 0.4) is 0 Å². The van der Waals surface area contributed by atoms with Crippen LogP contribution >= 0.6 is 24.8 Å². The molecule has 0 aliphatic carbocycles. The molecule has 10 nitrogen and oxygen atoms in total. The summed E-state index contributed by atoms with van der Waals surface area (Å²) in [5, 5.41) is 9.59. The van der Waals surface area contributed by atoms with Crippen LogP contribution in [-0.2, 0) is 23.7 Å². The van der Waals surface area contributed by atoms with E-state index < -0.39 is 12.0 Å². The van der Waals surface area contributed by atoms with Crippen LogP contribution < -0.4 is 11.5 Å². The Kier molecular flexibility index (Phi) is 25.5. The predicted molar refractivity (Wildman–Crippen MR) is 113 cm³/mol. The molecule has 28 heavy (non-hydrogen) atoms. The van der Waals surface area contributed by atoms with Crippen LogP contribution in [0.5, 0.6) is 0 Å². The maximum Gasteiger partial charge on any atom is 0.320 e. The van der Waals surface area contributed by atoms with Crippen LogP contribution in [-0.4, -0.2) is 101 Å². The molecular weight excluding hydrogens is 415 g/mol. The highest BCUT2D eigenvalue weighted by atomic mass is 35.5. The van der Waals surface area contributed by atoms with E-state index in [9.17, 15) is 9.90 Å². The van der Waals surface area contributed by atoms with Gasteiger partial charge in [-0.2, -0.15) is 0 Å². The molecule has 1 atom stereocenters. The number of aliphatic carboxylic acids is 1. The van der Waals surface area contributed by atoms with Crippen molar-refractivity contribution in [2.45, 2.75) is 18.9 Å². The lowest BCUT2D eigenvalue weighted by atomic mass is 10.1. The molecule has 0 bridgehead atoms. The minimum absolute atomic E-state index is 0. The first kappa shape index (κ1) is 31.8. The molecule has 0 aliphatic rings. The number of ether oxygens (including phenoxy) is 4. The highest BCUT2D eigenvalue weighted by Gasteiger charge is 2.24. The van der Waals surface area contributed by atoms with Gasteiger partial charge in [0.15, 0.2) is 5.96 Å². The molecule has 0 saturated heterocycles. The van der Waals surface area contributed by atoms with Crippen molar-refractivity contribution in [2.24, 2.45) is 16.5 Å². The normalized spacial score (nSPS) is 11.4. The van der Waals surface area contributed by atoms with E-state index in [0.29, 0.717) is 72.1 Å². The highest BCUT2D eigenvalue weighted by Crippen LogP contribution is 2.08. The first-order valence-corrected chi connectivity index (χ1v) is 8.68. The van der Waals surface area contributed by atoms with Crippen LogP contribution in [0.1, 0.15) is 12.8 Å². The van der Waals surface area contributed by atoms with E-state index in [1.54, 1.807) is 14.2 Å². The second-order valence-electron chi connectivity index (χ2n) is 5.55. The second-order valence-corrected chi connectivity index (χ2v) is 5.55. The van der Waals surface area contributed by atoms with E-state index >= 15 is 0 Å². The molecule has 0 saturated carbocycles. The van der Waals surface area contributed by atoms with Crippen molar-refractivity contribution in [3.05, 3.63) is 0 Å². The SMILES string of the molecule is COCCOCCN(CCOCCOC)C(CCCN=C(N)N)C(=O)O.Cl.Cl. The number of nitrogens with zero attached hydrogens (tertiary/aromatic N) is 2. The average molecular weight is 451 g/mol. The minimum Gasteiger partial charge on any atom is -0.480 e. The molecule has 0 amide bonds. The molecule has 0 rings (SSSR count). The number of halogens is 2. The number of hydrogen-bond donors (Lipinski definition) is 3. The van der Waals surface area contributed by atoms with Gasteiger partial charge in [0, 0.05) is 33.9 Å². The quantitative estimate of drug-likeness (QED) is 0.149. The molecule has 170 valence electrons. The summed E-state index contributed by atoms with van der Waals surface area (Å²) in [6.07, 6.45) is 1.00. The lowest BCUT2D eigenvalue weighted by molar-refractivity contribution is -0.144. The van der Waals surface area contributed by atoms with Gasteiger partial charge in [0.2, 0.25) is 0 Å². The first-order chi connectivity index (χ1) is 12.5. The Morgan fingerprint density at radius 2 is 1.46 bits per heavy atom. The van der Waals surface area contributed by atoms with E-state index in [2.05, 4.69) is 4.99 Å². The monoisotopic (exact) mass is 450 g/mol. The average Bonchev–Trinajstić information content (AvgIpc) is 2.59. The van der Waals surface area contributed by atoms with Crippen LogP contribution in [0, 0.1) is 0 Å². The summed E-state index contributed by atoms with van der Waals surface area (Å²) in [5.74, 6) is -0.879. The standard InChI is InChI=1S/C16H34N4O6.2ClH/c1-23-10-12-25-8-6-20(7-9-26-13-11-24-2)14(15(21)22)4-3-5-19-16(17)18;;/h14H,3-13H2,1-2H3,(H,21,22)(H4,17,18,19);2*1H. The molecule has 0 aromatic carbocycles. The smallest absolute Gasteiger partial charge is 0.320 e. The molecule has 0 heterocycles. The largest absolute Gasteiger partial charge is 0.480 e. The van der Waals surface area contributed by atoms with Gasteiger partial charge in [0.05, 0.1) is 39.6 Å². The summed E-state index contributed by atoms with van der Waals surface area (Å²) in [6, 6.07) is -0.652. The second kappa shape index (κ2) is 22.4. The van der Waals surface area contributed by atoms with Gasteiger partial charge in [-0.1, -0.05) is 0 Å². The zero-order chi connectivity index (χ0) is 19.6. The molecule has 0 spiro atoms. The van der Waals surface area contributed by atoms with E-state index in [-0.39, 0.29) is 30.8 Å². The summed E-state index contributed by atoms with van der Waals surface area (Å²) in [5.41, 5.74) is 10.6. The molecule has 5 N–H and O–H groups in total. The van der Waals surface area contributed by atoms with Gasteiger partial charge in [0.25, 0.3) is 0 Å². The first-order valence-electron chi connectivity index (χ1n) is 8.68. The van der Waals surface area contributed by atoms with E-state index in [0.717, 1.165) is 0 Å². The summed E-state index contributed by atoms with van der Waals surface area (Å²) in [6.45, 7) is 4.13. The van der Waals surface area contributed by atoms with Crippen LogP contribution in [0.4, 0.5) is 0 Å². The molecule has 0 radical (unpaired) electrons. The van der Waals surface area contributed by atoms with Gasteiger partial charge in [-0.3, -0.25) is 14.7 Å². The number of carboxylic acids is 1. The summed E-state index contributed by atoms with van der Waals surface area (Å²) in [4.78, 5) is 17.4. The van der Waals surface area contributed by atoms with Crippen LogP contribution in [0.25, 0.3) is 0 Å². The number of guanidine groups is 1. The fraction of sp³-hybridized carbons (Fsp3) is 0.875. The number of aliphatic imine (C=N–C) groups is 1. The number of rotatable bonds is 18. The zero-order valence-electron chi connectivity index (χ0n) is 16.7. The van der Waals surface area contributed by atoms with Gasteiger partial charge in [-0.05, 0) is 12.8 Å². The highest BCUT2D eigenvalue weighted by molar-refractivity contribution is 5.85. The molecule has 1 unspecified atom stereocenters. The Bertz CT molecular complexity index is 376. The Morgan fingerprint density at radius 1 is 0.964 bits per heavy atom. The number of hydrogen-bond acceptors (Lipinski definition) is 7. The third kappa shape index (κ3) is 18.5. The third-order valence-corrected chi connectivity index (χ3v) is 3.57. The van der Waals surface area contributed by atoms with Gasteiger partial charge in [0.1, 0.15) is 6.04 Å². The Morgan fingerprint density at radius 3 is 1.86 bits per heavy atom. The molecule has 0 fully saturated rings. The van der Waals surface area contributed by atoms with Gasteiger partial charge in [-0.25, -0.2) is 0 Å². The topological polar surface area (TPSA) is 142 Å². The van der Waals surface area contributed by atoms with Crippen molar-refractivity contribution in [1.82, 2.24) is 4.90 Å². The van der Waals surface area contributed by atoms with E-state index in [4.69, 9.17) is 30.4 Å². The number of carboxylic acid groups (broad SMARTS) is 1. The van der Waals surface area contributed by atoms with Crippen molar-refractivity contribution in [3.8, 4) is 0 Å². The summed E-state index contributed by atoms with van der Waals surface area (Å²) in [7, 11) is 3.20. The van der Waals surface area contributed by atoms with Crippen LogP contribution in [0.15, 0.2) is 4.99 Å². The van der Waals surface area contributed by atoms with Crippen molar-refractivity contribution >= 4 is 36.7 Å². The van der Waals surface area contributed by atoms with Gasteiger partial charge < -0.3 is 35.5 Å². The van der Waals surface area contributed by atoms with Crippen LogP contribution in [0.2, 0.25) is 0 Å². The lowest BCUT2D eigenvalue weighted by Crippen LogP contribution is -2.45. The Balaban J connectivity index is -0.00000312. The van der Waals surface area contributed by atoms with Gasteiger partial charge >= 0.3 is 5.97 Å². The summed E-state index contributed by atoms with van der Waals surface area (Å²) >= 11 is 0. The molecule has 0 aromatic rings. The third-order valence-electron chi connectivity index (χ3n) is 3.57. The predicted octanol–water partition coefficient (Wildman–Crippen LogP) is -0.0352. The van der Waals surface area contributed by atoms with E-state index in [1.807, 2.05) is 4.90 Å². The molecule has 0 aliphatic heterocycles. The number of carbonyl (C=O) groups is 1. The molecule has 0 aromatic heterocycles. The number of nitrogens with two attached hydrogens (primary N) is 2. The lowest BCUT2D eigenvalue weighted by Gasteiger charge is -2.28. The van der Waals surface area contributed by atoms with Crippen molar-refractivity contribution in [3.63, 3.8) is 0 Å². The van der Waals surface area contributed by atoms with Gasteiger partial charge in [-0.15, -0.1) is 24.8 Å². The van der Waals surface area contributed by atoms with Crippen molar-refractivity contribution in [2.75, 3.05) is 73.5 Å². The van der Waals surface area contributed by atoms with E-state index in [1.165, 1.54) is 0 Å². The van der Waals surface area contributed by atoms with Crippen molar-refractivity contribution < 1.29 is 28.8 Å². The molecule has 12 heteroatoms. The Labute approximate surface area is 179 Å². The number of methoxy groups -OCH3 is 2. The maximum atomic E-state index is 11.7. The fourth-order valence-corrected chi connectivity index (χ4v) is 2.23. The minimum atomic E-state index is -0.886. The van der Waals surface area contributed by atoms with Crippen molar-refractivity contribution in [1.29, 1.82) is 0 Å².